The topological polar surface area (TPSA) is 20.2 Å². The van der Waals surface area contributed by atoms with Crippen molar-refractivity contribution in [1.29, 1.82) is 0 Å². The van der Waals surface area contributed by atoms with Crippen molar-refractivity contribution in [3.05, 3.63) is 12.7 Å². The van der Waals surface area contributed by atoms with Gasteiger partial charge in [-0.15, -0.1) is 6.58 Å². The summed E-state index contributed by atoms with van der Waals surface area (Å²) >= 11 is 0. The van der Waals surface area contributed by atoms with Gasteiger partial charge in [0, 0.05) is 0 Å². The monoisotopic (exact) mass is 142 g/mol. The molecule has 1 heteroatoms. The highest BCUT2D eigenvalue weighted by molar-refractivity contribution is 4.76. The zero-order valence-corrected chi connectivity index (χ0v) is 7.01. The van der Waals surface area contributed by atoms with Crippen LogP contribution >= 0.6 is 0 Å². The van der Waals surface area contributed by atoms with Gasteiger partial charge in [-0.2, -0.15) is 0 Å². The Bertz CT molecular complexity index is 84.7. The molecule has 1 nitrogen and oxygen atoms in total. The Morgan fingerprint density at radius 3 is 2.20 bits per heavy atom. The summed E-state index contributed by atoms with van der Waals surface area (Å²) in [5.74, 6) is 0.456. The average molecular weight is 142 g/mol. The summed E-state index contributed by atoms with van der Waals surface area (Å²) in [5.41, 5.74) is 0. The number of rotatable bonds is 5. The van der Waals surface area contributed by atoms with Gasteiger partial charge in [0.25, 0.3) is 0 Å². The van der Waals surface area contributed by atoms with E-state index in [2.05, 4.69) is 20.4 Å². The number of aliphatic hydroxyl groups is 1. The van der Waals surface area contributed by atoms with Crippen LogP contribution in [-0.2, 0) is 0 Å². The minimum absolute atomic E-state index is 0.174. The molecule has 1 unspecified atom stereocenters. The Morgan fingerprint density at radius 2 is 1.90 bits per heavy atom. The Kier molecular flexibility index (Phi) is 5.32. The van der Waals surface area contributed by atoms with Crippen molar-refractivity contribution in [2.75, 3.05) is 0 Å². The minimum Gasteiger partial charge on any atom is -0.393 e. The van der Waals surface area contributed by atoms with E-state index in [-0.39, 0.29) is 6.10 Å². The van der Waals surface area contributed by atoms with Crippen LogP contribution in [0.25, 0.3) is 0 Å². The molecule has 0 bridgehead atoms. The zero-order chi connectivity index (χ0) is 7.98. The fourth-order valence-corrected chi connectivity index (χ4v) is 1.20. The van der Waals surface area contributed by atoms with Crippen LogP contribution in [0.2, 0.25) is 0 Å². The van der Waals surface area contributed by atoms with Gasteiger partial charge in [-0.3, -0.25) is 0 Å². The summed E-state index contributed by atoms with van der Waals surface area (Å²) in [4.78, 5) is 0. The molecule has 60 valence electrons. The second-order valence-electron chi connectivity index (χ2n) is 2.67. The van der Waals surface area contributed by atoms with Gasteiger partial charge in [0.2, 0.25) is 0 Å². The first-order valence-electron chi connectivity index (χ1n) is 4.05. The second-order valence-corrected chi connectivity index (χ2v) is 2.67. The molecule has 0 aromatic heterocycles. The molecule has 0 radical (unpaired) electrons. The molecule has 10 heavy (non-hydrogen) atoms. The molecule has 0 saturated heterocycles. The van der Waals surface area contributed by atoms with Crippen LogP contribution in [0.15, 0.2) is 12.7 Å². The van der Waals surface area contributed by atoms with Crippen LogP contribution in [0, 0.1) is 5.92 Å². The summed E-state index contributed by atoms with van der Waals surface area (Å²) < 4.78 is 0. The Balaban J connectivity index is 3.63. The first kappa shape index (κ1) is 9.70. The molecule has 0 aromatic rings. The molecule has 1 atom stereocenters. The Labute approximate surface area is 63.8 Å². The molecule has 0 amide bonds. The van der Waals surface area contributed by atoms with Gasteiger partial charge < -0.3 is 5.11 Å². The lowest BCUT2D eigenvalue weighted by Gasteiger charge is -2.17. The Morgan fingerprint density at radius 1 is 1.40 bits per heavy atom. The van der Waals surface area contributed by atoms with E-state index < -0.39 is 0 Å². The molecule has 0 rings (SSSR count). The molecular weight excluding hydrogens is 124 g/mol. The number of hydrogen-bond donors (Lipinski definition) is 1. The van der Waals surface area contributed by atoms with Crippen LogP contribution in [0.4, 0.5) is 0 Å². The van der Waals surface area contributed by atoms with Crippen LogP contribution in [0.5, 0.6) is 0 Å². The maximum Gasteiger partial charge on any atom is 0.0602 e. The predicted molar refractivity (Wildman–Crippen MR) is 44.9 cm³/mol. The molecule has 0 saturated carbocycles. The summed E-state index contributed by atoms with van der Waals surface area (Å²) in [7, 11) is 0. The Hall–Kier alpha value is -0.300. The standard InChI is InChI=1S/C9H18O/c1-4-7-9(10)8(5-2)6-3/h4,8-10H,1,5-7H2,2-3H3. The highest BCUT2D eigenvalue weighted by Crippen LogP contribution is 2.15. The van der Waals surface area contributed by atoms with Crippen LogP contribution in [-0.4, -0.2) is 11.2 Å². The maximum absolute atomic E-state index is 9.44. The van der Waals surface area contributed by atoms with Gasteiger partial charge in [-0.25, -0.2) is 0 Å². The fraction of sp³-hybridized carbons (Fsp3) is 0.778. The number of hydrogen-bond acceptors (Lipinski definition) is 1. The summed E-state index contributed by atoms with van der Waals surface area (Å²) in [6.45, 7) is 7.81. The lowest BCUT2D eigenvalue weighted by Crippen LogP contribution is -2.17. The second kappa shape index (κ2) is 5.48. The molecule has 0 aliphatic carbocycles. The van der Waals surface area contributed by atoms with Crippen LogP contribution in [0.3, 0.4) is 0 Å². The van der Waals surface area contributed by atoms with E-state index in [0.717, 1.165) is 19.3 Å². The normalized spacial score (nSPS) is 13.6. The smallest absolute Gasteiger partial charge is 0.0602 e. The van der Waals surface area contributed by atoms with Gasteiger partial charge in [-0.1, -0.05) is 32.8 Å². The van der Waals surface area contributed by atoms with Gasteiger partial charge in [0.05, 0.1) is 6.10 Å². The van der Waals surface area contributed by atoms with Crippen molar-refractivity contribution in [1.82, 2.24) is 0 Å². The van der Waals surface area contributed by atoms with Gasteiger partial charge in [0.15, 0.2) is 0 Å². The summed E-state index contributed by atoms with van der Waals surface area (Å²) in [5, 5.41) is 9.44. The fourth-order valence-electron chi connectivity index (χ4n) is 1.20. The number of aliphatic hydroxyl groups excluding tert-OH is 1. The van der Waals surface area contributed by atoms with E-state index in [1.165, 1.54) is 0 Å². The van der Waals surface area contributed by atoms with Crippen molar-refractivity contribution in [3.8, 4) is 0 Å². The molecular formula is C9H18O. The highest BCUT2D eigenvalue weighted by Gasteiger charge is 2.12. The van der Waals surface area contributed by atoms with Gasteiger partial charge >= 0.3 is 0 Å². The van der Waals surface area contributed by atoms with E-state index in [0.29, 0.717) is 5.92 Å². The first-order chi connectivity index (χ1) is 4.76. The summed E-state index contributed by atoms with van der Waals surface area (Å²) in [6.07, 6.45) is 4.46. The molecule has 0 heterocycles. The maximum atomic E-state index is 9.44. The third-order valence-corrected chi connectivity index (χ3v) is 2.00. The predicted octanol–water partition coefficient (Wildman–Crippen LogP) is 2.36. The molecule has 0 aliphatic heterocycles. The van der Waals surface area contributed by atoms with Crippen molar-refractivity contribution >= 4 is 0 Å². The molecule has 0 aliphatic rings. The molecule has 0 aromatic carbocycles. The van der Waals surface area contributed by atoms with E-state index in [4.69, 9.17) is 0 Å². The van der Waals surface area contributed by atoms with E-state index in [1.807, 2.05) is 0 Å². The van der Waals surface area contributed by atoms with Crippen molar-refractivity contribution in [2.45, 2.75) is 39.2 Å². The van der Waals surface area contributed by atoms with Crippen molar-refractivity contribution in [2.24, 2.45) is 5.92 Å². The first-order valence-corrected chi connectivity index (χ1v) is 4.05. The lowest BCUT2D eigenvalue weighted by atomic mass is 9.94. The van der Waals surface area contributed by atoms with Crippen molar-refractivity contribution < 1.29 is 5.11 Å². The van der Waals surface area contributed by atoms with E-state index in [1.54, 1.807) is 6.08 Å². The van der Waals surface area contributed by atoms with Gasteiger partial charge in [-0.05, 0) is 12.3 Å². The lowest BCUT2D eigenvalue weighted by molar-refractivity contribution is 0.105. The molecule has 0 fully saturated rings. The highest BCUT2D eigenvalue weighted by atomic mass is 16.3. The van der Waals surface area contributed by atoms with Gasteiger partial charge in [0.1, 0.15) is 0 Å². The van der Waals surface area contributed by atoms with Crippen molar-refractivity contribution in [3.63, 3.8) is 0 Å². The van der Waals surface area contributed by atoms with Crippen LogP contribution in [0.1, 0.15) is 33.1 Å². The SMILES string of the molecule is C=CCC(O)C(CC)CC. The quantitative estimate of drug-likeness (QED) is 0.584. The van der Waals surface area contributed by atoms with E-state index in [9.17, 15) is 5.11 Å². The largest absolute Gasteiger partial charge is 0.393 e. The third-order valence-electron chi connectivity index (χ3n) is 2.00. The van der Waals surface area contributed by atoms with E-state index >= 15 is 0 Å². The summed E-state index contributed by atoms with van der Waals surface area (Å²) in [6, 6.07) is 0. The zero-order valence-electron chi connectivity index (χ0n) is 7.01. The van der Waals surface area contributed by atoms with Crippen LogP contribution < -0.4 is 0 Å². The average Bonchev–Trinajstić information content (AvgIpc) is 1.91. The molecule has 1 N–H and O–H groups in total. The minimum atomic E-state index is -0.174. The molecule has 0 spiro atoms. The third kappa shape index (κ3) is 3.02.